The van der Waals surface area contributed by atoms with E-state index in [9.17, 15) is 4.79 Å². The minimum Gasteiger partial charge on any atom is -0.387 e. The molecule has 1 heterocycles. The average Bonchev–Trinajstić information content (AvgIpc) is 2.87. The summed E-state index contributed by atoms with van der Waals surface area (Å²) < 4.78 is 0. The van der Waals surface area contributed by atoms with Crippen LogP contribution in [0.15, 0.2) is 48.6 Å². The van der Waals surface area contributed by atoms with Gasteiger partial charge >= 0.3 is 0 Å². The van der Waals surface area contributed by atoms with E-state index in [0.717, 1.165) is 5.56 Å². The number of carbonyl (C=O) groups is 1. The minimum atomic E-state index is -0.0924. The number of benzene rings is 1. The van der Waals surface area contributed by atoms with Gasteiger partial charge in [0.1, 0.15) is 4.99 Å². The van der Waals surface area contributed by atoms with Crippen molar-refractivity contribution >= 4 is 40.4 Å². The van der Waals surface area contributed by atoms with Gasteiger partial charge in [-0.3, -0.25) is 4.79 Å². The summed E-state index contributed by atoms with van der Waals surface area (Å²) in [5.41, 5.74) is 7.26. The van der Waals surface area contributed by atoms with Crippen molar-refractivity contribution in [3.63, 3.8) is 0 Å². The van der Waals surface area contributed by atoms with Gasteiger partial charge in [-0.15, -0.1) is 11.3 Å². The van der Waals surface area contributed by atoms with E-state index in [0.29, 0.717) is 15.6 Å². The summed E-state index contributed by atoms with van der Waals surface area (Å²) in [6, 6.07) is 9.88. The maximum Gasteiger partial charge on any atom is 0.197 e. The van der Waals surface area contributed by atoms with Gasteiger partial charge in [-0.2, -0.15) is 0 Å². The molecule has 0 unspecified atom stereocenters. The first-order chi connectivity index (χ1) is 10.1. The molecule has 0 spiro atoms. The molecule has 1 aromatic heterocycles. The van der Waals surface area contributed by atoms with Crippen LogP contribution in [0, 0.1) is 6.92 Å². The Bertz CT molecular complexity index is 715. The summed E-state index contributed by atoms with van der Waals surface area (Å²) in [5, 5.41) is 0.527. The molecule has 0 radical (unpaired) electrons. The van der Waals surface area contributed by atoms with Crippen LogP contribution < -0.4 is 5.73 Å². The number of allylic oxidation sites excluding steroid dienone is 3. The van der Waals surface area contributed by atoms with Crippen molar-refractivity contribution in [1.82, 2.24) is 4.98 Å². The molecule has 2 N–H and O–H groups in total. The van der Waals surface area contributed by atoms with E-state index < -0.39 is 0 Å². The fourth-order valence-corrected chi connectivity index (χ4v) is 2.69. The maximum absolute atomic E-state index is 12.1. The minimum absolute atomic E-state index is 0.0924. The normalized spacial score (nSPS) is 11.3. The Labute approximate surface area is 132 Å². The number of rotatable bonds is 5. The molecule has 0 saturated heterocycles. The van der Waals surface area contributed by atoms with E-state index in [4.69, 9.17) is 18.0 Å². The van der Waals surface area contributed by atoms with Crippen LogP contribution >= 0.6 is 23.6 Å². The van der Waals surface area contributed by atoms with Crippen LogP contribution in [0.4, 0.5) is 0 Å². The average molecular weight is 314 g/mol. The second kappa shape index (κ2) is 7.06. The number of hydrogen-bond donors (Lipinski definition) is 1. The van der Waals surface area contributed by atoms with Crippen LogP contribution in [-0.2, 0) is 0 Å². The topological polar surface area (TPSA) is 56.0 Å². The third kappa shape index (κ3) is 4.18. The summed E-state index contributed by atoms with van der Waals surface area (Å²) >= 11 is 6.10. The van der Waals surface area contributed by atoms with Crippen molar-refractivity contribution < 1.29 is 4.79 Å². The fourth-order valence-electron chi connectivity index (χ4n) is 1.68. The SMILES string of the molecule is Cc1nc(C(N)=S)sc1C(=O)/C=C/C=C/c1ccccc1. The summed E-state index contributed by atoms with van der Waals surface area (Å²) in [4.78, 5) is 17.1. The zero-order chi connectivity index (χ0) is 15.2. The zero-order valence-corrected chi connectivity index (χ0v) is 13.1. The number of nitrogens with two attached hydrogens (primary N) is 1. The summed E-state index contributed by atoms with van der Waals surface area (Å²) in [5.74, 6) is -0.0924. The number of hydrogen-bond acceptors (Lipinski definition) is 4. The van der Waals surface area contributed by atoms with Crippen LogP contribution in [0.1, 0.15) is 25.9 Å². The molecule has 0 aliphatic rings. The second-order valence-corrected chi connectivity index (χ2v) is 5.73. The highest BCUT2D eigenvalue weighted by molar-refractivity contribution is 7.81. The Balaban J connectivity index is 2.06. The predicted octanol–water partition coefficient (Wildman–Crippen LogP) is 3.54. The number of nitrogens with zero attached hydrogens (tertiary/aromatic N) is 1. The highest BCUT2D eigenvalue weighted by Gasteiger charge is 2.13. The summed E-state index contributed by atoms with van der Waals surface area (Å²) in [6.07, 6.45) is 7.00. The van der Waals surface area contributed by atoms with E-state index in [1.165, 1.54) is 17.4 Å². The van der Waals surface area contributed by atoms with Crippen molar-refractivity contribution in [1.29, 1.82) is 0 Å². The van der Waals surface area contributed by atoms with Crippen molar-refractivity contribution in [3.8, 4) is 0 Å². The van der Waals surface area contributed by atoms with E-state index in [1.807, 2.05) is 42.5 Å². The van der Waals surface area contributed by atoms with E-state index >= 15 is 0 Å². The van der Waals surface area contributed by atoms with Gasteiger partial charge in [-0.05, 0) is 18.6 Å². The lowest BCUT2D eigenvalue weighted by Crippen LogP contribution is -2.08. The van der Waals surface area contributed by atoms with Crippen LogP contribution in [0.3, 0.4) is 0 Å². The molecule has 1 aromatic carbocycles. The van der Waals surface area contributed by atoms with E-state index in [-0.39, 0.29) is 10.8 Å². The lowest BCUT2D eigenvalue weighted by molar-refractivity contribution is 0.105. The summed E-state index contributed by atoms with van der Waals surface area (Å²) in [7, 11) is 0. The van der Waals surface area contributed by atoms with Gasteiger partial charge in [-0.25, -0.2) is 4.98 Å². The smallest absolute Gasteiger partial charge is 0.197 e. The Kier molecular flexibility index (Phi) is 5.14. The lowest BCUT2D eigenvalue weighted by Gasteiger charge is -1.90. The van der Waals surface area contributed by atoms with Crippen LogP contribution in [0.5, 0.6) is 0 Å². The Hall–Kier alpha value is -2.11. The third-order valence-corrected chi connectivity index (χ3v) is 4.21. The molecule has 0 amide bonds. The maximum atomic E-state index is 12.1. The highest BCUT2D eigenvalue weighted by Crippen LogP contribution is 2.19. The van der Waals surface area contributed by atoms with Crippen LogP contribution in [0.25, 0.3) is 6.08 Å². The number of thiocarbonyl (C=S) groups is 1. The van der Waals surface area contributed by atoms with Gasteiger partial charge in [0, 0.05) is 0 Å². The van der Waals surface area contributed by atoms with E-state index in [2.05, 4.69) is 4.98 Å². The van der Waals surface area contributed by atoms with Gasteiger partial charge in [0.25, 0.3) is 0 Å². The first kappa shape index (κ1) is 15.3. The molecule has 2 rings (SSSR count). The first-order valence-electron chi connectivity index (χ1n) is 6.29. The number of thiazole rings is 1. The zero-order valence-electron chi connectivity index (χ0n) is 11.4. The van der Waals surface area contributed by atoms with Crippen molar-refractivity contribution in [2.24, 2.45) is 5.73 Å². The molecule has 5 heteroatoms. The van der Waals surface area contributed by atoms with E-state index in [1.54, 1.807) is 13.0 Å². The van der Waals surface area contributed by atoms with Gasteiger partial charge in [-0.1, -0.05) is 60.8 Å². The van der Waals surface area contributed by atoms with Gasteiger partial charge in [0.05, 0.1) is 10.6 Å². The summed E-state index contributed by atoms with van der Waals surface area (Å²) in [6.45, 7) is 1.78. The monoisotopic (exact) mass is 314 g/mol. The molecule has 0 saturated carbocycles. The molecular formula is C16H14N2OS2. The Morgan fingerprint density at radius 1 is 1.29 bits per heavy atom. The molecule has 3 nitrogen and oxygen atoms in total. The number of carbonyl (C=O) groups excluding carboxylic acids is 1. The quantitative estimate of drug-likeness (QED) is 0.397. The molecule has 2 aromatic rings. The highest BCUT2D eigenvalue weighted by atomic mass is 32.1. The van der Waals surface area contributed by atoms with Crippen LogP contribution in [-0.4, -0.2) is 15.8 Å². The molecule has 106 valence electrons. The number of aromatic nitrogens is 1. The molecule has 21 heavy (non-hydrogen) atoms. The fraction of sp³-hybridized carbons (Fsp3) is 0.0625. The van der Waals surface area contributed by atoms with Crippen molar-refractivity contribution in [2.45, 2.75) is 6.92 Å². The standard InChI is InChI=1S/C16H14N2OS2/c1-11-14(21-16(18-11)15(17)20)13(19)10-6-5-9-12-7-3-2-4-8-12/h2-10H,1H3,(H2,17,20)/b9-5+,10-6+. The van der Waals surface area contributed by atoms with Crippen molar-refractivity contribution in [2.75, 3.05) is 0 Å². The molecule has 0 aliphatic heterocycles. The molecule has 0 atom stereocenters. The first-order valence-corrected chi connectivity index (χ1v) is 7.52. The van der Waals surface area contributed by atoms with Gasteiger partial charge < -0.3 is 5.73 Å². The van der Waals surface area contributed by atoms with Gasteiger partial charge in [0.2, 0.25) is 0 Å². The van der Waals surface area contributed by atoms with Crippen molar-refractivity contribution in [3.05, 3.63) is 69.7 Å². The molecule has 0 bridgehead atoms. The number of aryl methyl sites for hydroxylation is 1. The predicted molar refractivity (Wildman–Crippen MR) is 91.7 cm³/mol. The molecule has 0 fully saturated rings. The lowest BCUT2D eigenvalue weighted by atomic mass is 10.2. The van der Waals surface area contributed by atoms with Gasteiger partial charge in [0.15, 0.2) is 10.8 Å². The third-order valence-electron chi connectivity index (χ3n) is 2.68. The Morgan fingerprint density at radius 2 is 2.00 bits per heavy atom. The Morgan fingerprint density at radius 3 is 2.62 bits per heavy atom. The van der Waals surface area contributed by atoms with Crippen LogP contribution in [0.2, 0.25) is 0 Å². The second-order valence-electron chi connectivity index (χ2n) is 4.29. The number of ketones is 1. The molecule has 0 aliphatic carbocycles. The molecular weight excluding hydrogens is 300 g/mol. The largest absolute Gasteiger partial charge is 0.387 e.